The highest BCUT2D eigenvalue weighted by Crippen LogP contribution is 2.24. The van der Waals surface area contributed by atoms with Gasteiger partial charge in [-0.2, -0.15) is 0 Å². The smallest absolute Gasteiger partial charge is 0.413 e. The van der Waals surface area contributed by atoms with Gasteiger partial charge in [0.2, 0.25) is 0 Å². The summed E-state index contributed by atoms with van der Waals surface area (Å²) in [7, 11) is 0. The molecule has 1 saturated heterocycles. The van der Waals surface area contributed by atoms with E-state index in [-0.39, 0.29) is 30.7 Å². The molecule has 3 rings (SSSR count). The summed E-state index contributed by atoms with van der Waals surface area (Å²) in [6.45, 7) is 4.67. The summed E-state index contributed by atoms with van der Waals surface area (Å²) in [5.41, 5.74) is 2.96. The number of nitrogens with zero attached hydrogens (tertiary/aromatic N) is 1. The average Bonchev–Trinajstić information content (AvgIpc) is 2.82. The summed E-state index contributed by atoms with van der Waals surface area (Å²) in [6, 6.07) is 14.4. The number of amides is 2. The van der Waals surface area contributed by atoms with E-state index in [0.29, 0.717) is 37.1 Å². The Balaban J connectivity index is 1.58. The number of likely N-dealkylation sites (tertiary alicyclic amines) is 1. The predicted octanol–water partition coefficient (Wildman–Crippen LogP) is 3.92. The first-order valence-corrected chi connectivity index (χ1v) is 10.7. The van der Waals surface area contributed by atoms with Gasteiger partial charge in [-0.3, -0.25) is 20.3 Å². The van der Waals surface area contributed by atoms with Gasteiger partial charge in [0.05, 0.1) is 0 Å². The molecule has 0 atom stereocenters. The van der Waals surface area contributed by atoms with E-state index >= 15 is 0 Å². The molecule has 3 N–H and O–H groups in total. The molecule has 0 radical (unpaired) electrons. The van der Waals surface area contributed by atoms with Crippen molar-refractivity contribution in [1.29, 1.82) is 5.41 Å². The van der Waals surface area contributed by atoms with Crippen LogP contribution in [0.4, 0.5) is 4.79 Å². The van der Waals surface area contributed by atoms with Gasteiger partial charge in [0.15, 0.2) is 0 Å². The third-order valence-electron chi connectivity index (χ3n) is 5.56. The molecule has 1 aliphatic heterocycles. The molecule has 1 fully saturated rings. The highest BCUT2D eigenvalue weighted by atomic mass is 16.5. The molecule has 172 valence electrons. The number of hydrogen-bond donors (Lipinski definition) is 3. The predicted molar refractivity (Wildman–Crippen MR) is 124 cm³/mol. The van der Waals surface area contributed by atoms with Crippen molar-refractivity contribution < 1.29 is 24.2 Å². The first-order chi connectivity index (χ1) is 15.9. The number of amidine groups is 1. The molecular weight excluding hydrogens is 422 g/mol. The van der Waals surface area contributed by atoms with Gasteiger partial charge in [0.1, 0.15) is 12.4 Å². The highest BCUT2D eigenvalue weighted by molar-refractivity contribution is 6.04. The van der Waals surface area contributed by atoms with Gasteiger partial charge in [-0.05, 0) is 42.0 Å². The summed E-state index contributed by atoms with van der Waals surface area (Å²) in [5, 5.41) is 19.3. The van der Waals surface area contributed by atoms with Gasteiger partial charge in [-0.25, -0.2) is 4.79 Å². The van der Waals surface area contributed by atoms with E-state index in [1.54, 1.807) is 29.2 Å². The highest BCUT2D eigenvalue weighted by Gasteiger charge is 2.25. The van der Waals surface area contributed by atoms with E-state index in [1.165, 1.54) is 6.08 Å². The molecule has 2 aromatic rings. The molecule has 0 saturated carbocycles. The zero-order chi connectivity index (χ0) is 23.8. The number of piperidine rings is 1. The monoisotopic (exact) mass is 449 g/mol. The lowest BCUT2D eigenvalue weighted by atomic mass is 9.93. The van der Waals surface area contributed by atoms with E-state index in [1.807, 2.05) is 24.3 Å². The normalized spacial score (nSPS) is 13.8. The summed E-state index contributed by atoms with van der Waals surface area (Å²) in [4.78, 5) is 37.0. The number of benzene rings is 2. The standard InChI is InChI=1S/C25H27N3O5/c1-2-15-33-25(32)27-23(26)20-7-3-18(4-8-20)19-5-9-21(10-6-19)24(31)28-13-11-17(12-14-28)16-22(29)30/h2-10,17H,1,11-16H2,(H,29,30)(H2,26,27,32). The molecule has 1 aliphatic rings. The summed E-state index contributed by atoms with van der Waals surface area (Å²) in [5.74, 6) is -0.772. The maximum atomic E-state index is 12.8. The lowest BCUT2D eigenvalue weighted by Gasteiger charge is -2.31. The summed E-state index contributed by atoms with van der Waals surface area (Å²) >= 11 is 0. The Morgan fingerprint density at radius 2 is 1.58 bits per heavy atom. The third-order valence-corrected chi connectivity index (χ3v) is 5.56. The molecule has 2 amide bonds. The van der Waals surface area contributed by atoms with Gasteiger partial charge in [-0.15, -0.1) is 0 Å². The largest absolute Gasteiger partial charge is 0.481 e. The van der Waals surface area contributed by atoms with E-state index in [2.05, 4.69) is 11.9 Å². The Morgan fingerprint density at radius 3 is 2.09 bits per heavy atom. The van der Waals surface area contributed by atoms with Gasteiger partial charge < -0.3 is 14.7 Å². The van der Waals surface area contributed by atoms with E-state index in [0.717, 1.165) is 11.1 Å². The fourth-order valence-electron chi connectivity index (χ4n) is 3.75. The minimum atomic E-state index is -0.789. The van der Waals surface area contributed by atoms with Crippen LogP contribution in [-0.4, -0.2) is 53.5 Å². The second-order valence-corrected chi connectivity index (χ2v) is 7.88. The second-order valence-electron chi connectivity index (χ2n) is 7.88. The molecule has 0 aliphatic carbocycles. The number of aliphatic carboxylic acids is 1. The minimum absolute atomic E-state index is 0.0477. The Labute approximate surface area is 192 Å². The van der Waals surface area contributed by atoms with E-state index < -0.39 is 12.1 Å². The lowest BCUT2D eigenvalue weighted by molar-refractivity contribution is -0.138. The van der Waals surface area contributed by atoms with Crippen molar-refractivity contribution in [2.24, 2.45) is 5.92 Å². The topological polar surface area (TPSA) is 120 Å². The van der Waals surface area contributed by atoms with Crippen LogP contribution < -0.4 is 5.32 Å². The number of nitrogens with one attached hydrogen (secondary N) is 2. The zero-order valence-electron chi connectivity index (χ0n) is 18.3. The molecule has 0 spiro atoms. The Hall–Kier alpha value is -3.94. The quantitative estimate of drug-likeness (QED) is 0.336. The molecule has 0 bridgehead atoms. The number of rotatable bonds is 7. The van der Waals surface area contributed by atoms with Crippen LogP contribution in [0.5, 0.6) is 0 Å². The Morgan fingerprint density at radius 1 is 1.03 bits per heavy atom. The van der Waals surface area contributed by atoms with Crippen LogP contribution in [0.2, 0.25) is 0 Å². The molecule has 0 unspecified atom stereocenters. The second kappa shape index (κ2) is 11.1. The number of ether oxygens (including phenoxy) is 1. The number of hydrogen-bond acceptors (Lipinski definition) is 5. The van der Waals surface area contributed by atoms with Crippen LogP contribution >= 0.6 is 0 Å². The summed E-state index contributed by atoms with van der Waals surface area (Å²) < 4.78 is 4.81. The first-order valence-electron chi connectivity index (χ1n) is 10.7. The van der Waals surface area contributed by atoms with Gasteiger partial charge in [-0.1, -0.05) is 49.1 Å². The maximum Gasteiger partial charge on any atom is 0.413 e. The molecule has 8 nitrogen and oxygen atoms in total. The zero-order valence-corrected chi connectivity index (χ0v) is 18.3. The average molecular weight is 450 g/mol. The van der Waals surface area contributed by atoms with Crippen molar-refractivity contribution in [2.75, 3.05) is 19.7 Å². The molecule has 0 aromatic heterocycles. The van der Waals surface area contributed by atoms with Crippen molar-refractivity contribution in [3.63, 3.8) is 0 Å². The maximum absolute atomic E-state index is 12.8. The van der Waals surface area contributed by atoms with Crippen molar-refractivity contribution in [3.8, 4) is 11.1 Å². The number of carboxylic acid groups (broad SMARTS) is 1. The van der Waals surface area contributed by atoms with E-state index in [9.17, 15) is 14.4 Å². The lowest BCUT2D eigenvalue weighted by Crippen LogP contribution is -2.38. The molecule has 8 heteroatoms. The molecular formula is C25H27N3O5. The van der Waals surface area contributed by atoms with Crippen molar-refractivity contribution in [1.82, 2.24) is 10.2 Å². The third kappa shape index (κ3) is 6.52. The number of carbonyl (C=O) groups excluding carboxylic acids is 2. The van der Waals surface area contributed by atoms with Crippen LogP contribution in [-0.2, 0) is 9.53 Å². The van der Waals surface area contributed by atoms with Crippen LogP contribution in [0.3, 0.4) is 0 Å². The van der Waals surface area contributed by atoms with E-state index in [4.69, 9.17) is 15.3 Å². The molecule has 2 aromatic carbocycles. The SMILES string of the molecule is C=CCOC(=O)NC(=N)c1ccc(-c2ccc(C(=O)N3CCC(CC(=O)O)CC3)cc2)cc1. The van der Waals surface area contributed by atoms with Gasteiger partial charge in [0.25, 0.3) is 5.91 Å². The number of alkyl carbamates (subject to hydrolysis) is 1. The van der Waals surface area contributed by atoms with Crippen molar-refractivity contribution >= 4 is 23.8 Å². The Bertz CT molecular complexity index is 1020. The van der Waals surface area contributed by atoms with Crippen molar-refractivity contribution in [3.05, 3.63) is 72.3 Å². The summed E-state index contributed by atoms with van der Waals surface area (Å²) in [6.07, 6.45) is 2.30. The first kappa shape index (κ1) is 23.7. The Kier molecular flexibility index (Phi) is 7.96. The van der Waals surface area contributed by atoms with Crippen LogP contribution in [0.1, 0.15) is 35.2 Å². The fraction of sp³-hybridized carbons (Fsp3) is 0.280. The molecule has 1 heterocycles. The van der Waals surface area contributed by atoms with Crippen molar-refractivity contribution in [2.45, 2.75) is 19.3 Å². The van der Waals surface area contributed by atoms with Crippen LogP contribution in [0.25, 0.3) is 11.1 Å². The fourth-order valence-corrected chi connectivity index (χ4v) is 3.75. The van der Waals surface area contributed by atoms with Crippen LogP contribution in [0.15, 0.2) is 61.2 Å². The minimum Gasteiger partial charge on any atom is -0.481 e. The van der Waals surface area contributed by atoms with Gasteiger partial charge >= 0.3 is 12.1 Å². The van der Waals surface area contributed by atoms with Crippen LogP contribution in [0, 0.1) is 11.3 Å². The van der Waals surface area contributed by atoms with Gasteiger partial charge in [0, 0.05) is 30.6 Å². The molecule has 33 heavy (non-hydrogen) atoms. The number of carbonyl (C=O) groups is 3. The number of carboxylic acids is 1.